The van der Waals surface area contributed by atoms with Crippen LogP contribution in [-0.4, -0.2) is 355 Å². The molecule has 0 aromatic heterocycles. The highest BCUT2D eigenvalue weighted by molar-refractivity contribution is 5.92. The van der Waals surface area contributed by atoms with E-state index in [1.54, 1.807) is 21.0 Å². The Kier molecular flexibility index (Phi) is 77.9. The number of benzene rings is 1. The van der Waals surface area contributed by atoms with Crippen molar-refractivity contribution in [2.24, 2.45) is 17.8 Å². The first-order valence-electron chi connectivity index (χ1n) is 37.4. The van der Waals surface area contributed by atoms with Gasteiger partial charge in [0.15, 0.2) is 0 Å². The number of hydrogen-bond acceptors (Lipinski definition) is 29. The summed E-state index contributed by atoms with van der Waals surface area (Å²) in [7, 11) is 1.64. The van der Waals surface area contributed by atoms with Crippen LogP contribution in [0.2, 0.25) is 0 Å². The Balaban J connectivity index is 1.67. The molecule has 31 nitrogen and oxygen atoms in total. The van der Waals surface area contributed by atoms with E-state index in [0.717, 1.165) is 31.2 Å². The maximum atomic E-state index is 13.2. The number of unbranched alkanes of at least 4 members (excludes halogenated alkanes) is 1. The summed E-state index contributed by atoms with van der Waals surface area (Å²) in [6, 6.07) is 7.35. The van der Waals surface area contributed by atoms with Crippen molar-refractivity contribution in [2.75, 3.05) is 343 Å². The third kappa shape index (κ3) is 75.4. The number of carbonyl (C=O) groups is 3. The van der Waals surface area contributed by atoms with Gasteiger partial charge in [-0.2, -0.15) is 0 Å². The van der Waals surface area contributed by atoms with E-state index in [1.165, 1.54) is 0 Å². The van der Waals surface area contributed by atoms with Gasteiger partial charge in [0.2, 0.25) is 11.8 Å². The minimum atomic E-state index is -0.246. The molecule has 0 spiro atoms. The van der Waals surface area contributed by atoms with Gasteiger partial charge in [-0.1, -0.05) is 46.2 Å². The molecule has 1 atom stereocenters. The molecule has 0 aliphatic carbocycles. The van der Waals surface area contributed by atoms with Gasteiger partial charge in [-0.3, -0.25) is 14.4 Å². The van der Waals surface area contributed by atoms with E-state index in [4.69, 9.17) is 123 Å². The van der Waals surface area contributed by atoms with Crippen molar-refractivity contribution in [1.29, 1.82) is 0 Å². The van der Waals surface area contributed by atoms with Crippen LogP contribution in [0.25, 0.3) is 0 Å². The molecule has 0 aliphatic heterocycles. The van der Waals surface area contributed by atoms with Crippen LogP contribution >= 0.6 is 0 Å². The summed E-state index contributed by atoms with van der Waals surface area (Å²) < 4.78 is 143. The standard InChI is InChI=1S/C73H136N2O29/c1-66(2)64-69(72(77)75-70-11-9-68(10-12-70)65-104-73(78)67(3)4)8-6-7-14-74-71(76)13-15-80-18-19-82-22-23-84-26-27-86-30-31-88-34-35-90-38-39-92-42-43-94-46-47-96-50-51-98-54-55-100-58-59-102-62-63-103-61-60-101-57-56-99-53-52-97-49-48-95-45-44-93-41-40-91-37-36-89-33-32-87-29-28-85-25-24-83-21-20-81-17-16-79-5/h9-12,66-67,69H,6-8,13-65H2,1-5H3,(H,74,76)(H,75,77)/t69-/m1/s1. The lowest BCUT2D eigenvalue weighted by Gasteiger charge is -2.19. The molecule has 0 saturated carbocycles. The first-order valence-corrected chi connectivity index (χ1v) is 37.4. The van der Waals surface area contributed by atoms with Crippen molar-refractivity contribution >= 4 is 23.5 Å². The lowest BCUT2D eigenvalue weighted by atomic mass is 9.91. The second-order valence-corrected chi connectivity index (χ2v) is 23.6. The van der Waals surface area contributed by atoms with E-state index in [1.807, 2.05) is 24.3 Å². The predicted molar refractivity (Wildman–Crippen MR) is 386 cm³/mol. The number of anilines is 1. The number of rotatable bonds is 87. The lowest BCUT2D eigenvalue weighted by molar-refractivity contribution is -0.148. The first kappa shape index (κ1) is 98.6. The van der Waals surface area contributed by atoms with Gasteiger partial charge in [-0.15, -0.1) is 0 Å². The molecule has 1 aromatic rings. The number of amides is 2. The smallest absolute Gasteiger partial charge is 0.308 e. The summed E-state index contributed by atoms with van der Waals surface area (Å²) in [6.07, 6.45) is 3.36. The van der Waals surface area contributed by atoms with Gasteiger partial charge in [-0.05, 0) is 42.9 Å². The van der Waals surface area contributed by atoms with E-state index in [2.05, 4.69) is 24.5 Å². The Labute approximate surface area is 620 Å². The van der Waals surface area contributed by atoms with Gasteiger partial charge in [0, 0.05) is 31.7 Å². The zero-order chi connectivity index (χ0) is 74.8. The highest BCUT2D eigenvalue weighted by Crippen LogP contribution is 2.21. The fraction of sp³-hybridized carbons (Fsp3) is 0.877. The summed E-state index contributed by atoms with van der Waals surface area (Å²) in [4.78, 5) is 37.2. The van der Waals surface area contributed by atoms with Gasteiger partial charge in [0.05, 0.1) is 330 Å². The second-order valence-electron chi connectivity index (χ2n) is 23.6. The Morgan fingerprint density at radius 3 is 0.788 bits per heavy atom. The van der Waals surface area contributed by atoms with E-state index in [0.29, 0.717) is 342 Å². The molecule has 612 valence electrons. The minimum absolute atomic E-state index is 0.0149. The van der Waals surface area contributed by atoms with Crippen molar-refractivity contribution in [2.45, 2.75) is 66.4 Å². The average molecular weight is 1510 g/mol. The van der Waals surface area contributed by atoms with Crippen LogP contribution in [0.5, 0.6) is 0 Å². The third-order valence-electron chi connectivity index (χ3n) is 14.0. The summed E-state index contributed by atoms with van der Waals surface area (Å²) in [5, 5.41) is 5.97. The van der Waals surface area contributed by atoms with Crippen LogP contribution in [0.1, 0.15) is 65.4 Å². The SMILES string of the molecule is COCCOCCOCCOCCOCCOCCOCCOCCOCCOCCOCCOCCOCCOCCOCCOCCOCCOCCOCCOCCOCCOCCOCCOCCOCCC(=O)NCCCC[C@H](CC(C)C)C(=O)Nc1ccc(COC(=O)C(C)C)cc1. The van der Waals surface area contributed by atoms with Crippen molar-refractivity contribution in [1.82, 2.24) is 5.32 Å². The number of nitrogens with one attached hydrogen (secondary N) is 2. The lowest BCUT2D eigenvalue weighted by Crippen LogP contribution is -2.27. The van der Waals surface area contributed by atoms with Crippen molar-refractivity contribution in [3.05, 3.63) is 29.8 Å². The Morgan fingerprint density at radius 2 is 0.558 bits per heavy atom. The molecule has 1 rings (SSSR count). The van der Waals surface area contributed by atoms with Gasteiger partial charge < -0.3 is 134 Å². The molecule has 2 N–H and O–H groups in total. The van der Waals surface area contributed by atoms with Crippen molar-refractivity contribution in [3.63, 3.8) is 0 Å². The normalized spacial score (nSPS) is 12.0. The van der Waals surface area contributed by atoms with Gasteiger partial charge in [0.1, 0.15) is 6.61 Å². The van der Waals surface area contributed by atoms with Crippen LogP contribution in [0.4, 0.5) is 5.69 Å². The molecule has 0 fully saturated rings. The monoisotopic (exact) mass is 1500 g/mol. The zero-order valence-corrected chi connectivity index (χ0v) is 64.0. The molecule has 104 heavy (non-hydrogen) atoms. The topological polar surface area (TPSA) is 315 Å². The third-order valence-corrected chi connectivity index (χ3v) is 14.0. The Morgan fingerprint density at radius 1 is 0.317 bits per heavy atom. The summed E-state index contributed by atoms with van der Waals surface area (Å²) in [6.45, 7) is 31.9. The molecule has 0 radical (unpaired) electrons. The highest BCUT2D eigenvalue weighted by Gasteiger charge is 2.20. The first-order chi connectivity index (χ1) is 51.2. The molecule has 0 heterocycles. The van der Waals surface area contributed by atoms with Crippen LogP contribution in [0, 0.1) is 17.8 Å². The second kappa shape index (κ2) is 82.1. The maximum absolute atomic E-state index is 13.2. The van der Waals surface area contributed by atoms with E-state index >= 15 is 0 Å². The van der Waals surface area contributed by atoms with E-state index in [-0.39, 0.29) is 42.6 Å². The molecular weight excluding hydrogens is 1370 g/mol. The summed E-state index contributed by atoms with van der Waals surface area (Å²) in [5.74, 6) is -0.285. The average Bonchev–Trinajstić information content (AvgIpc) is 0.888. The van der Waals surface area contributed by atoms with Crippen LogP contribution in [-0.2, 0) is 144 Å². The molecular formula is C73H136N2O29. The van der Waals surface area contributed by atoms with E-state index in [9.17, 15) is 14.4 Å². The molecule has 0 unspecified atom stereocenters. The molecule has 0 bridgehead atoms. The number of carbonyl (C=O) groups excluding carboxylic acids is 3. The van der Waals surface area contributed by atoms with Gasteiger partial charge in [-0.25, -0.2) is 0 Å². The van der Waals surface area contributed by atoms with E-state index < -0.39 is 0 Å². The Hall–Kier alpha value is -3.37. The zero-order valence-electron chi connectivity index (χ0n) is 64.0. The predicted octanol–water partition coefficient (Wildman–Crippen LogP) is 4.71. The fourth-order valence-electron chi connectivity index (χ4n) is 8.47. The quantitative estimate of drug-likeness (QED) is 0.0659. The van der Waals surface area contributed by atoms with Crippen LogP contribution in [0.3, 0.4) is 0 Å². The minimum Gasteiger partial charge on any atom is -0.461 e. The number of ether oxygens (including phenoxy) is 26. The molecule has 0 aliphatic rings. The van der Waals surface area contributed by atoms with Crippen molar-refractivity contribution < 1.29 is 138 Å². The van der Waals surface area contributed by atoms with Crippen LogP contribution in [0.15, 0.2) is 24.3 Å². The van der Waals surface area contributed by atoms with Crippen LogP contribution < -0.4 is 10.6 Å². The molecule has 31 heteroatoms. The Bertz CT molecular complexity index is 1930. The highest BCUT2D eigenvalue weighted by atomic mass is 16.6. The molecule has 1 aromatic carbocycles. The van der Waals surface area contributed by atoms with Crippen molar-refractivity contribution in [3.8, 4) is 0 Å². The van der Waals surface area contributed by atoms with Gasteiger partial charge in [0.25, 0.3) is 0 Å². The molecule has 2 amide bonds. The number of hydrogen-bond donors (Lipinski definition) is 2. The maximum Gasteiger partial charge on any atom is 0.308 e. The summed E-state index contributed by atoms with van der Waals surface area (Å²) >= 11 is 0. The molecule has 0 saturated heterocycles. The number of esters is 1. The number of methoxy groups -OCH3 is 1. The summed E-state index contributed by atoms with van der Waals surface area (Å²) in [5.41, 5.74) is 1.56. The van der Waals surface area contributed by atoms with Gasteiger partial charge >= 0.3 is 5.97 Å². The largest absolute Gasteiger partial charge is 0.461 e. The fourth-order valence-corrected chi connectivity index (χ4v) is 8.47.